The molecule has 22 heavy (non-hydrogen) atoms. The quantitative estimate of drug-likeness (QED) is 0.587. The highest BCUT2D eigenvalue weighted by Crippen LogP contribution is 2.52. The number of para-hydroxylation sites is 1. The van der Waals surface area contributed by atoms with Gasteiger partial charge in [0.1, 0.15) is 12.4 Å². The predicted molar refractivity (Wildman–Crippen MR) is 88.3 cm³/mol. The zero-order valence-electron chi connectivity index (χ0n) is 12.3. The molecule has 2 aliphatic rings. The third-order valence-corrected chi connectivity index (χ3v) is 5.12. The largest absolute Gasteiger partial charge is 0.492 e. The first-order chi connectivity index (χ1) is 10.9. The van der Waals surface area contributed by atoms with Crippen molar-refractivity contribution in [3.8, 4) is 16.9 Å². The van der Waals surface area contributed by atoms with Crippen LogP contribution in [0.2, 0.25) is 0 Å². The molecule has 0 saturated carbocycles. The van der Waals surface area contributed by atoms with Gasteiger partial charge in [-0.1, -0.05) is 66.7 Å². The number of hydrogen-bond acceptors (Lipinski definition) is 1. The van der Waals surface area contributed by atoms with Gasteiger partial charge in [-0.25, -0.2) is 0 Å². The molecule has 1 heteroatoms. The van der Waals surface area contributed by atoms with Crippen molar-refractivity contribution in [1.29, 1.82) is 0 Å². The second-order valence-electron chi connectivity index (χ2n) is 6.25. The molecule has 0 saturated heterocycles. The van der Waals surface area contributed by atoms with E-state index in [4.69, 9.17) is 4.74 Å². The number of ether oxygens (including phenoxy) is 1. The van der Waals surface area contributed by atoms with E-state index in [1.54, 1.807) is 0 Å². The van der Waals surface area contributed by atoms with E-state index in [0.717, 1.165) is 18.8 Å². The highest BCUT2D eigenvalue weighted by molar-refractivity contribution is 5.77. The Labute approximate surface area is 130 Å². The summed E-state index contributed by atoms with van der Waals surface area (Å²) >= 11 is 0. The van der Waals surface area contributed by atoms with Crippen LogP contribution in [0.1, 0.15) is 16.7 Å². The lowest BCUT2D eigenvalue weighted by molar-refractivity contribution is 0.289. The monoisotopic (exact) mass is 284 g/mol. The second-order valence-corrected chi connectivity index (χ2v) is 6.25. The van der Waals surface area contributed by atoms with E-state index in [-0.39, 0.29) is 5.41 Å². The van der Waals surface area contributed by atoms with Gasteiger partial charge in [0.05, 0.1) is 5.41 Å². The van der Waals surface area contributed by atoms with Crippen LogP contribution in [-0.4, -0.2) is 6.61 Å². The molecule has 0 bridgehead atoms. The topological polar surface area (TPSA) is 9.23 Å². The van der Waals surface area contributed by atoms with E-state index < -0.39 is 0 Å². The normalized spacial score (nSPS) is 20.9. The molecule has 3 aromatic rings. The van der Waals surface area contributed by atoms with E-state index in [9.17, 15) is 0 Å². The molecule has 106 valence electrons. The van der Waals surface area contributed by atoms with Gasteiger partial charge in [-0.2, -0.15) is 0 Å². The molecule has 1 atom stereocenters. The van der Waals surface area contributed by atoms with Crippen molar-refractivity contribution in [3.63, 3.8) is 0 Å². The zero-order chi connectivity index (χ0) is 14.6. The smallest absolute Gasteiger partial charge is 0.123 e. The Morgan fingerprint density at radius 3 is 2.27 bits per heavy atom. The van der Waals surface area contributed by atoms with Crippen molar-refractivity contribution in [1.82, 2.24) is 0 Å². The van der Waals surface area contributed by atoms with Crippen molar-refractivity contribution < 1.29 is 4.74 Å². The molecular formula is C21H16O. The molecule has 1 spiro atoms. The van der Waals surface area contributed by atoms with Gasteiger partial charge < -0.3 is 4.74 Å². The fourth-order valence-corrected chi connectivity index (χ4v) is 4.13. The summed E-state index contributed by atoms with van der Waals surface area (Å²) in [5.41, 5.74) is 6.83. The highest BCUT2D eigenvalue weighted by Gasteiger charge is 2.46. The van der Waals surface area contributed by atoms with E-state index in [1.807, 2.05) is 0 Å². The number of rotatable bonds is 0. The molecule has 0 aromatic heterocycles. The Balaban J connectivity index is 1.84. The first kappa shape index (κ1) is 12.0. The molecule has 0 unspecified atom stereocenters. The summed E-state index contributed by atoms with van der Waals surface area (Å²) in [6, 6.07) is 26.1. The Morgan fingerprint density at radius 2 is 1.36 bits per heavy atom. The predicted octanol–water partition coefficient (Wildman–Crippen LogP) is 4.59. The van der Waals surface area contributed by atoms with Crippen LogP contribution in [-0.2, 0) is 11.8 Å². The first-order valence-corrected chi connectivity index (χ1v) is 7.79. The number of fused-ring (bicyclic) bond motifs is 6. The Morgan fingerprint density at radius 1 is 0.682 bits per heavy atom. The Kier molecular flexibility index (Phi) is 2.32. The van der Waals surface area contributed by atoms with Crippen molar-refractivity contribution in [2.45, 2.75) is 11.8 Å². The highest BCUT2D eigenvalue weighted by atomic mass is 16.5. The molecule has 0 fully saturated rings. The summed E-state index contributed by atoms with van der Waals surface area (Å²) in [5.74, 6) is 1.04. The minimum Gasteiger partial charge on any atom is -0.492 e. The SMILES string of the molecule is c1ccc2c(c1)C[C@@]1(COc3ccccc31)c1ccccc1-2. The van der Waals surface area contributed by atoms with Crippen molar-refractivity contribution in [2.75, 3.05) is 6.61 Å². The van der Waals surface area contributed by atoms with E-state index in [0.29, 0.717) is 0 Å². The van der Waals surface area contributed by atoms with Gasteiger partial charge in [-0.15, -0.1) is 0 Å². The van der Waals surface area contributed by atoms with Crippen LogP contribution in [0.5, 0.6) is 5.75 Å². The van der Waals surface area contributed by atoms with Gasteiger partial charge in [0.2, 0.25) is 0 Å². The number of benzene rings is 3. The maximum atomic E-state index is 6.06. The lowest BCUT2D eigenvalue weighted by Crippen LogP contribution is -2.35. The molecule has 1 aliphatic carbocycles. The molecule has 0 amide bonds. The van der Waals surface area contributed by atoms with Crippen LogP contribution in [0, 0.1) is 0 Å². The average molecular weight is 284 g/mol. The molecule has 0 radical (unpaired) electrons. The van der Waals surface area contributed by atoms with E-state index >= 15 is 0 Å². The molecule has 1 aliphatic heterocycles. The fourth-order valence-electron chi connectivity index (χ4n) is 4.13. The van der Waals surface area contributed by atoms with E-state index in [1.165, 1.54) is 27.8 Å². The van der Waals surface area contributed by atoms with Gasteiger partial charge in [0.15, 0.2) is 0 Å². The molecule has 5 rings (SSSR count). The first-order valence-electron chi connectivity index (χ1n) is 7.79. The average Bonchev–Trinajstić information content (AvgIpc) is 2.95. The summed E-state index contributed by atoms with van der Waals surface area (Å²) in [4.78, 5) is 0. The minimum atomic E-state index is -0.0401. The van der Waals surface area contributed by atoms with Crippen LogP contribution < -0.4 is 4.74 Å². The summed E-state index contributed by atoms with van der Waals surface area (Å²) in [5, 5.41) is 0. The van der Waals surface area contributed by atoms with Gasteiger partial charge in [-0.3, -0.25) is 0 Å². The molecule has 0 N–H and O–H groups in total. The lowest BCUT2D eigenvalue weighted by atomic mass is 9.65. The van der Waals surface area contributed by atoms with Gasteiger partial charge in [-0.05, 0) is 34.7 Å². The summed E-state index contributed by atoms with van der Waals surface area (Å²) in [6.45, 7) is 0.734. The van der Waals surface area contributed by atoms with Crippen LogP contribution in [0.3, 0.4) is 0 Å². The molecular weight excluding hydrogens is 268 g/mol. The van der Waals surface area contributed by atoms with Gasteiger partial charge in [0.25, 0.3) is 0 Å². The summed E-state index contributed by atoms with van der Waals surface area (Å²) in [7, 11) is 0. The van der Waals surface area contributed by atoms with Crippen molar-refractivity contribution in [2.24, 2.45) is 0 Å². The maximum Gasteiger partial charge on any atom is 0.123 e. The molecule has 1 heterocycles. The summed E-state index contributed by atoms with van der Waals surface area (Å²) in [6.07, 6.45) is 1.01. The van der Waals surface area contributed by atoms with Crippen LogP contribution in [0.15, 0.2) is 72.8 Å². The third-order valence-electron chi connectivity index (χ3n) is 5.12. The van der Waals surface area contributed by atoms with Crippen LogP contribution >= 0.6 is 0 Å². The zero-order valence-corrected chi connectivity index (χ0v) is 12.3. The number of hydrogen-bond donors (Lipinski definition) is 0. The minimum absolute atomic E-state index is 0.0401. The van der Waals surface area contributed by atoms with Gasteiger partial charge >= 0.3 is 0 Å². The van der Waals surface area contributed by atoms with Crippen LogP contribution in [0.4, 0.5) is 0 Å². The molecule has 3 aromatic carbocycles. The fraction of sp³-hybridized carbons (Fsp3) is 0.143. The second kappa shape index (κ2) is 4.23. The van der Waals surface area contributed by atoms with Gasteiger partial charge in [0, 0.05) is 5.56 Å². The summed E-state index contributed by atoms with van der Waals surface area (Å²) < 4.78 is 6.06. The maximum absolute atomic E-state index is 6.06. The molecule has 1 nitrogen and oxygen atoms in total. The third kappa shape index (κ3) is 1.43. The Bertz CT molecular complexity index is 880. The van der Waals surface area contributed by atoms with Crippen LogP contribution in [0.25, 0.3) is 11.1 Å². The van der Waals surface area contributed by atoms with Crippen molar-refractivity contribution in [3.05, 3.63) is 89.5 Å². The van der Waals surface area contributed by atoms with E-state index in [2.05, 4.69) is 72.8 Å². The Hall–Kier alpha value is -2.54. The van der Waals surface area contributed by atoms with Crippen molar-refractivity contribution >= 4 is 0 Å². The lowest BCUT2D eigenvalue weighted by Gasteiger charge is -2.36. The standard InChI is InChI=1S/C21H16O/c1-2-8-16-15(7-1)13-21(18-10-4-3-9-17(16)18)14-22-20-12-6-5-11-19(20)21/h1-12H,13-14H2/t21-/m1/s1.